The Morgan fingerprint density at radius 3 is 2.80 bits per heavy atom. The molecule has 1 aliphatic rings. The second kappa shape index (κ2) is 4.77. The van der Waals surface area contributed by atoms with Gasteiger partial charge in [-0.3, -0.25) is 0 Å². The van der Waals surface area contributed by atoms with Crippen molar-refractivity contribution in [2.24, 2.45) is 5.41 Å². The van der Waals surface area contributed by atoms with Gasteiger partial charge in [-0.15, -0.1) is 0 Å². The maximum Gasteiger partial charge on any atom is 0.0205 e. The lowest BCUT2D eigenvalue weighted by atomic mass is 9.90. The average Bonchev–Trinajstić information content (AvgIpc) is 2.67. The van der Waals surface area contributed by atoms with Gasteiger partial charge in [0.2, 0.25) is 0 Å². The van der Waals surface area contributed by atoms with Gasteiger partial charge in [-0.1, -0.05) is 37.3 Å². The fraction of sp³-hybridized carbons (Fsp3) is 0.538. The zero-order valence-electron chi connectivity index (χ0n) is 9.42. The molecule has 0 bridgehead atoms. The molecule has 2 rings (SSSR count). The molecule has 0 radical (unpaired) electrons. The molecule has 1 aromatic rings. The zero-order valence-corrected chi connectivity index (χ0v) is 9.42. The van der Waals surface area contributed by atoms with Gasteiger partial charge in [-0.2, -0.15) is 0 Å². The van der Waals surface area contributed by atoms with Gasteiger partial charge in [0.1, 0.15) is 0 Å². The second-order valence-corrected chi connectivity index (χ2v) is 4.83. The maximum absolute atomic E-state index is 3.54. The minimum Gasteiger partial charge on any atom is -0.316 e. The zero-order chi connectivity index (χ0) is 10.6. The molecule has 15 heavy (non-hydrogen) atoms. The van der Waals surface area contributed by atoms with Crippen LogP contribution in [0.2, 0.25) is 0 Å². The number of rotatable bonds is 4. The Kier molecular flexibility index (Phi) is 3.39. The van der Waals surface area contributed by atoms with Gasteiger partial charge in [0.15, 0.2) is 0 Å². The largest absolute Gasteiger partial charge is 0.316 e. The summed E-state index contributed by atoms with van der Waals surface area (Å²) in [5, 5.41) is 6.97. The Morgan fingerprint density at radius 1 is 1.33 bits per heavy atom. The van der Waals surface area contributed by atoms with Crippen LogP contribution in [-0.4, -0.2) is 19.6 Å². The van der Waals surface area contributed by atoms with Crippen LogP contribution in [0, 0.1) is 5.41 Å². The van der Waals surface area contributed by atoms with Crippen LogP contribution in [-0.2, 0) is 6.54 Å². The van der Waals surface area contributed by atoms with E-state index in [4.69, 9.17) is 0 Å². The minimum absolute atomic E-state index is 0.453. The number of hydrogen-bond donors (Lipinski definition) is 2. The highest BCUT2D eigenvalue weighted by atomic mass is 15.0. The van der Waals surface area contributed by atoms with E-state index in [0.29, 0.717) is 5.41 Å². The molecule has 0 spiro atoms. The van der Waals surface area contributed by atoms with Crippen molar-refractivity contribution in [3.05, 3.63) is 35.9 Å². The van der Waals surface area contributed by atoms with Gasteiger partial charge in [0.25, 0.3) is 0 Å². The van der Waals surface area contributed by atoms with E-state index < -0.39 is 0 Å². The van der Waals surface area contributed by atoms with Gasteiger partial charge >= 0.3 is 0 Å². The summed E-state index contributed by atoms with van der Waals surface area (Å²) in [6, 6.07) is 10.6. The highest BCUT2D eigenvalue weighted by molar-refractivity contribution is 5.14. The van der Waals surface area contributed by atoms with E-state index in [1.807, 2.05) is 0 Å². The van der Waals surface area contributed by atoms with Crippen molar-refractivity contribution in [1.29, 1.82) is 0 Å². The van der Waals surface area contributed by atoms with Crippen LogP contribution in [0.25, 0.3) is 0 Å². The molecule has 1 unspecified atom stereocenters. The third kappa shape index (κ3) is 3.05. The Labute approximate surface area is 92.1 Å². The van der Waals surface area contributed by atoms with E-state index in [2.05, 4.69) is 47.9 Å². The molecule has 0 amide bonds. The minimum atomic E-state index is 0.453. The van der Waals surface area contributed by atoms with Crippen LogP contribution in [0.1, 0.15) is 18.9 Å². The standard InChI is InChI=1S/C13H20N2/c1-13(7-8-14-10-13)11-15-9-12-5-3-2-4-6-12/h2-6,14-15H,7-11H2,1H3. The molecule has 2 N–H and O–H groups in total. The first-order valence-corrected chi connectivity index (χ1v) is 5.74. The lowest BCUT2D eigenvalue weighted by Crippen LogP contribution is -2.33. The Hall–Kier alpha value is -0.860. The number of nitrogens with one attached hydrogen (secondary N) is 2. The molecule has 0 aliphatic carbocycles. The highest BCUT2D eigenvalue weighted by Gasteiger charge is 2.27. The quantitative estimate of drug-likeness (QED) is 0.781. The van der Waals surface area contributed by atoms with E-state index >= 15 is 0 Å². The number of benzene rings is 1. The van der Waals surface area contributed by atoms with Crippen LogP contribution in [0.5, 0.6) is 0 Å². The first kappa shape index (κ1) is 10.7. The summed E-state index contributed by atoms with van der Waals surface area (Å²) in [6.45, 7) is 6.76. The van der Waals surface area contributed by atoms with Crippen molar-refractivity contribution < 1.29 is 0 Å². The molecule has 0 aromatic heterocycles. The van der Waals surface area contributed by atoms with Crippen molar-refractivity contribution in [1.82, 2.24) is 10.6 Å². The fourth-order valence-electron chi connectivity index (χ4n) is 2.12. The van der Waals surface area contributed by atoms with Gasteiger partial charge in [0.05, 0.1) is 0 Å². The third-order valence-electron chi connectivity index (χ3n) is 3.18. The van der Waals surface area contributed by atoms with Crippen molar-refractivity contribution >= 4 is 0 Å². The molecule has 1 fully saturated rings. The summed E-state index contributed by atoms with van der Waals surface area (Å²) in [7, 11) is 0. The van der Waals surface area contributed by atoms with Crippen LogP contribution in [0.4, 0.5) is 0 Å². The summed E-state index contributed by atoms with van der Waals surface area (Å²) in [4.78, 5) is 0. The van der Waals surface area contributed by atoms with Crippen molar-refractivity contribution in [3.8, 4) is 0 Å². The molecule has 1 heterocycles. The first-order chi connectivity index (χ1) is 7.29. The van der Waals surface area contributed by atoms with E-state index in [0.717, 1.165) is 19.6 Å². The van der Waals surface area contributed by atoms with E-state index in [9.17, 15) is 0 Å². The lowest BCUT2D eigenvalue weighted by molar-refractivity contribution is 0.339. The van der Waals surface area contributed by atoms with Crippen LogP contribution < -0.4 is 10.6 Å². The van der Waals surface area contributed by atoms with Crippen LogP contribution in [0.15, 0.2) is 30.3 Å². The van der Waals surface area contributed by atoms with Crippen molar-refractivity contribution in [3.63, 3.8) is 0 Å². The fourth-order valence-corrected chi connectivity index (χ4v) is 2.12. The maximum atomic E-state index is 3.54. The monoisotopic (exact) mass is 204 g/mol. The smallest absolute Gasteiger partial charge is 0.0205 e. The molecule has 1 aromatic carbocycles. The van der Waals surface area contributed by atoms with E-state index in [1.54, 1.807) is 0 Å². The predicted molar refractivity (Wildman–Crippen MR) is 63.7 cm³/mol. The predicted octanol–water partition coefficient (Wildman–Crippen LogP) is 1.78. The summed E-state index contributed by atoms with van der Waals surface area (Å²) in [5.41, 5.74) is 1.82. The summed E-state index contributed by atoms with van der Waals surface area (Å²) in [5.74, 6) is 0. The topological polar surface area (TPSA) is 24.1 Å². The van der Waals surface area contributed by atoms with Crippen LogP contribution in [0.3, 0.4) is 0 Å². The Balaban J connectivity index is 1.75. The summed E-state index contributed by atoms with van der Waals surface area (Å²) < 4.78 is 0. The molecular formula is C13H20N2. The second-order valence-electron chi connectivity index (χ2n) is 4.83. The lowest BCUT2D eigenvalue weighted by Gasteiger charge is -2.22. The third-order valence-corrected chi connectivity index (χ3v) is 3.18. The molecule has 2 heteroatoms. The van der Waals surface area contributed by atoms with Crippen molar-refractivity contribution in [2.75, 3.05) is 19.6 Å². The Morgan fingerprint density at radius 2 is 2.13 bits per heavy atom. The average molecular weight is 204 g/mol. The highest BCUT2D eigenvalue weighted by Crippen LogP contribution is 2.22. The van der Waals surface area contributed by atoms with Gasteiger partial charge in [0, 0.05) is 19.6 Å². The van der Waals surface area contributed by atoms with Crippen LogP contribution >= 0.6 is 0 Å². The Bertz CT molecular complexity index is 289. The molecule has 82 valence electrons. The van der Waals surface area contributed by atoms with E-state index in [-0.39, 0.29) is 0 Å². The van der Waals surface area contributed by atoms with Gasteiger partial charge in [-0.25, -0.2) is 0 Å². The van der Waals surface area contributed by atoms with Gasteiger partial charge < -0.3 is 10.6 Å². The normalized spacial score (nSPS) is 25.7. The SMILES string of the molecule is CC1(CNCc2ccccc2)CCNC1. The number of hydrogen-bond acceptors (Lipinski definition) is 2. The summed E-state index contributed by atoms with van der Waals surface area (Å²) in [6.07, 6.45) is 1.29. The molecule has 2 nitrogen and oxygen atoms in total. The molecular weight excluding hydrogens is 184 g/mol. The van der Waals surface area contributed by atoms with Crippen molar-refractivity contribution in [2.45, 2.75) is 19.9 Å². The molecule has 1 atom stereocenters. The first-order valence-electron chi connectivity index (χ1n) is 5.74. The molecule has 1 aliphatic heterocycles. The summed E-state index contributed by atoms with van der Waals surface area (Å²) >= 11 is 0. The molecule has 0 saturated carbocycles. The van der Waals surface area contributed by atoms with E-state index in [1.165, 1.54) is 18.5 Å². The molecule has 1 saturated heterocycles. The van der Waals surface area contributed by atoms with Gasteiger partial charge in [-0.05, 0) is 23.9 Å².